The average Bonchev–Trinajstić information content (AvgIpc) is 1.27. The van der Waals surface area contributed by atoms with Crippen LogP contribution in [0.25, 0.3) is 0 Å². The Hall–Kier alpha value is -0.320. The van der Waals surface area contributed by atoms with Crippen LogP contribution in [0.3, 0.4) is 0 Å². The number of nitrogens with zero attached hydrogens (tertiary/aromatic N) is 1. The molecule has 0 saturated heterocycles. The summed E-state index contributed by atoms with van der Waals surface area (Å²) in [4.78, 5) is 0. The molecule has 5 heteroatoms. The first-order valence-corrected chi connectivity index (χ1v) is 1.50. The first-order valence-electron chi connectivity index (χ1n) is 1.50. The molecule has 0 heterocycles. The van der Waals surface area contributed by atoms with Crippen LogP contribution in [0.2, 0.25) is 0 Å². The first-order chi connectivity index (χ1) is 3.13. The van der Waals surface area contributed by atoms with Gasteiger partial charge in [0, 0.05) is 5.34 Å². The highest BCUT2D eigenvalue weighted by molar-refractivity contribution is 4.32. The summed E-state index contributed by atoms with van der Waals surface area (Å²) in [6.45, 7) is -1.47. The number of alkyl halides is 2. The van der Waals surface area contributed by atoms with Crippen LogP contribution in [0.5, 0.6) is 0 Å². The van der Waals surface area contributed by atoms with Crippen molar-refractivity contribution in [3.8, 4) is 0 Å². The molecule has 0 saturated carbocycles. The molecule has 0 unspecified atom stereocenters. The molecule has 44 valence electrons. The molecule has 0 aromatic rings. The van der Waals surface area contributed by atoms with Gasteiger partial charge in [0.1, 0.15) is 6.54 Å². The fraction of sp³-hybridized carbons (Fsp3) is 1.00. The van der Waals surface area contributed by atoms with E-state index in [0.29, 0.717) is 0 Å². The van der Waals surface area contributed by atoms with Crippen molar-refractivity contribution in [2.45, 2.75) is 6.43 Å². The maximum absolute atomic E-state index is 10.8. The van der Waals surface area contributed by atoms with Gasteiger partial charge in [0.15, 0.2) is 0 Å². The summed E-state index contributed by atoms with van der Waals surface area (Å²) in [5.74, 6) is 0. The predicted octanol–water partition coefficient (Wildman–Crippen LogP) is 1.32. The van der Waals surface area contributed by atoms with E-state index in [-0.39, 0.29) is 0 Å². The van der Waals surface area contributed by atoms with E-state index >= 15 is 0 Å². The normalized spacial score (nSPS) is 11.1. The zero-order valence-corrected chi connectivity index (χ0v) is 3.24. The minimum absolute atomic E-state index is 1.47. The van der Waals surface area contributed by atoms with Crippen molar-refractivity contribution in [3.05, 3.63) is 0 Å². The van der Waals surface area contributed by atoms with Crippen LogP contribution in [0.4, 0.5) is 17.7 Å². The summed E-state index contributed by atoms with van der Waals surface area (Å²) in [5.41, 5.74) is 0. The standard InChI is InChI=1S/C2H3F4N/c3-2(4)1-7(5)6/h2H,1H2. The molecule has 0 bridgehead atoms. The van der Waals surface area contributed by atoms with E-state index in [4.69, 9.17) is 0 Å². The Kier molecular flexibility index (Phi) is 2.66. The molecule has 0 aliphatic carbocycles. The number of halogens is 4. The topological polar surface area (TPSA) is 3.24 Å². The van der Waals surface area contributed by atoms with Crippen molar-refractivity contribution in [1.29, 1.82) is 0 Å². The lowest BCUT2D eigenvalue weighted by molar-refractivity contribution is -0.175. The van der Waals surface area contributed by atoms with Gasteiger partial charge in [-0.05, 0) is 0 Å². The van der Waals surface area contributed by atoms with Crippen LogP contribution in [0.15, 0.2) is 0 Å². The number of rotatable bonds is 2. The SMILES string of the molecule is FC(F)CN(F)F. The van der Waals surface area contributed by atoms with Crippen LogP contribution < -0.4 is 0 Å². The van der Waals surface area contributed by atoms with Crippen molar-refractivity contribution < 1.29 is 17.7 Å². The maximum atomic E-state index is 10.8. The van der Waals surface area contributed by atoms with Crippen molar-refractivity contribution in [2.75, 3.05) is 6.54 Å². The molecule has 0 rings (SSSR count). The zero-order chi connectivity index (χ0) is 5.86. The largest absolute Gasteiger partial charge is 0.256 e. The van der Waals surface area contributed by atoms with Gasteiger partial charge in [0.05, 0.1) is 0 Å². The van der Waals surface area contributed by atoms with Crippen LogP contribution in [0.1, 0.15) is 0 Å². The van der Waals surface area contributed by atoms with E-state index in [1.165, 1.54) is 0 Å². The third kappa shape index (κ3) is 5.68. The van der Waals surface area contributed by atoms with Crippen LogP contribution in [0, 0.1) is 0 Å². The van der Waals surface area contributed by atoms with Crippen LogP contribution in [-0.2, 0) is 0 Å². The monoisotopic (exact) mass is 117 g/mol. The van der Waals surface area contributed by atoms with E-state index in [0.717, 1.165) is 0 Å². The number of hydrogen-bond donors (Lipinski definition) is 0. The first kappa shape index (κ1) is 6.68. The lowest BCUT2D eigenvalue weighted by Crippen LogP contribution is -2.11. The fourth-order valence-electron chi connectivity index (χ4n) is 0.104. The molecule has 7 heavy (non-hydrogen) atoms. The molecule has 0 aromatic heterocycles. The summed E-state index contributed by atoms with van der Waals surface area (Å²) in [6.07, 6.45) is -2.95. The van der Waals surface area contributed by atoms with Gasteiger partial charge >= 0.3 is 0 Å². The molecular formula is C2H3F4N. The molecule has 0 atom stereocenters. The van der Waals surface area contributed by atoms with E-state index in [2.05, 4.69) is 0 Å². The molecule has 0 radical (unpaired) electrons. The molecule has 0 spiro atoms. The molecular weight excluding hydrogens is 114 g/mol. The Morgan fingerprint density at radius 1 is 1.29 bits per heavy atom. The second kappa shape index (κ2) is 2.79. The highest BCUT2D eigenvalue weighted by Gasteiger charge is 2.08. The minimum atomic E-state index is -2.95. The van der Waals surface area contributed by atoms with Crippen molar-refractivity contribution in [1.82, 2.24) is 5.34 Å². The molecule has 0 amide bonds. The summed E-state index contributed by atoms with van der Waals surface area (Å²) >= 11 is 0. The Morgan fingerprint density at radius 3 is 1.71 bits per heavy atom. The lowest BCUT2D eigenvalue weighted by Gasteiger charge is -1.95. The predicted molar refractivity (Wildman–Crippen MR) is 14.9 cm³/mol. The molecule has 0 aromatic carbocycles. The minimum Gasteiger partial charge on any atom is -0.209 e. The van der Waals surface area contributed by atoms with Crippen LogP contribution >= 0.6 is 0 Å². The molecule has 1 nitrogen and oxygen atoms in total. The third-order valence-corrected chi connectivity index (χ3v) is 0.276. The Morgan fingerprint density at radius 2 is 1.71 bits per heavy atom. The molecule has 0 aliphatic rings. The van der Waals surface area contributed by atoms with Gasteiger partial charge in [-0.1, -0.05) is 0 Å². The smallest absolute Gasteiger partial charge is 0.209 e. The Labute approximate surface area is 37.4 Å². The Balaban J connectivity index is 2.95. The second-order valence-corrected chi connectivity index (χ2v) is 0.877. The second-order valence-electron chi connectivity index (χ2n) is 0.877. The van der Waals surface area contributed by atoms with Crippen molar-refractivity contribution >= 4 is 0 Å². The summed E-state index contributed by atoms with van der Waals surface area (Å²) < 4.78 is 42.8. The molecule has 0 aliphatic heterocycles. The summed E-state index contributed by atoms with van der Waals surface area (Å²) in [7, 11) is 0. The fourth-order valence-corrected chi connectivity index (χ4v) is 0.104. The third-order valence-electron chi connectivity index (χ3n) is 0.276. The van der Waals surface area contributed by atoms with Crippen molar-refractivity contribution in [2.24, 2.45) is 0 Å². The average molecular weight is 117 g/mol. The van der Waals surface area contributed by atoms with Gasteiger partial charge in [-0.3, -0.25) is 0 Å². The van der Waals surface area contributed by atoms with Gasteiger partial charge in [-0.2, -0.15) is 0 Å². The van der Waals surface area contributed by atoms with E-state index < -0.39 is 18.3 Å². The Bertz CT molecular complexity index is 39.0. The van der Waals surface area contributed by atoms with E-state index in [1.807, 2.05) is 0 Å². The lowest BCUT2D eigenvalue weighted by atomic mass is 10.7. The van der Waals surface area contributed by atoms with Gasteiger partial charge < -0.3 is 0 Å². The van der Waals surface area contributed by atoms with E-state index in [9.17, 15) is 17.7 Å². The quantitative estimate of drug-likeness (QED) is 0.389. The molecule has 0 N–H and O–H groups in total. The molecule has 0 fully saturated rings. The zero-order valence-electron chi connectivity index (χ0n) is 3.24. The maximum Gasteiger partial charge on any atom is 0.256 e. The van der Waals surface area contributed by atoms with Gasteiger partial charge in [0.25, 0.3) is 6.43 Å². The highest BCUT2D eigenvalue weighted by atomic mass is 19.4. The van der Waals surface area contributed by atoms with Gasteiger partial charge in [0.2, 0.25) is 0 Å². The summed E-state index contributed by atoms with van der Waals surface area (Å²) in [6, 6.07) is 0. The van der Waals surface area contributed by atoms with E-state index in [1.54, 1.807) is 0 Å². The van der Waals surface area contributed by atoms with Gasteiger partial charge in [-0.25, -0.2) is 8.78 Å². The van der Waals surface area contributed by atoms with Crippen molar-refractivity contribution in [3.63, 3.8) is 0 Å². The van der Waals surface area contributed by atoms with Gasteiger partial charge in [-0.15, -0.1) is 8.96 Å². The van der Waals surface area contributed by atoms with Crippen LogP contribution in [-0.4, -0.2) is 18.3 Å². The summed E-state index contributed by atoms with van der Waals surface area (Å²) in [5, 5.41) is -1.55. The highest BCUT2D eigenvalue weighted by Crippen LogP contribution is 1.97. The number of hydrogen-bond acceptors (Lipinski definition) is 1.